The second kappa shape index (κ2) is 12.5. The standard InChI is InChI=1S/C30H41N3O4/c1-23-7-9-27(24(2)19-23)37-22-30(34)11-5-14-32(16-12-30)21-26-8-10-28(35-4)29(20-26)36-18-6-15-33-17-13-31-25(33)3/h7-10,13,17,19-20,34H,5-6,11-12,14-16,18,21-22H2,1-4H3. The van der Waals surface area contributed by atoms with Crippen LogP contribution in [0.25, 0.3) is 0 Å². The van der Waals surface area contributed by atoms with E-state index in [4.69, 9.17) is 14.2 Å². The summed E-state index contributed by atoms with van der Waals surface area (Å²) in [5, 5.41) is 11.3. The number of likely N-dealkylation sites (tertiary alicyclic amines) is 1. The van der Waals surface area contributed by atoms with Crippen LogP contribution < -0.4 is 14.2 Å². The Morgan fingerprint density at radius 2 is 1.81 bits per heavy atom. The number of methoxy groups -OCH3 is 1. The molecule has 1 aliphatic heterocycles. The summed E-state index contributed by atoms with van der Waals surface area (Å²) in [7, 11) is 1.67. The van der Waals surface area contributed by atoms with Crippen LogP contribution in [0.4, 0.5) is 0 Å². The van der Waals surface area contributed by atoms with Crippen LogP contribution in [0.3, 0.4) is 0 Å². The molecule has 37 heavy (non-hydrogen) atoms. The van der Waals surface area contributed by atoms with Gasteiger partial charge in [-0.3, -0.25) is 4.90 Å². The Labute approximate surface area is 221 Å². The summed E-state index contributed by atoms with van der Waals surface area (Å²) in [6, 6.07) is 12.3. The number of hydrogen-bond acceptors (Lipinski definition) is 6. The molecule has 1 atom stereocenters. The molecule has 0 aliphatic carbocycles. The van der Waals surface area contributed by atoms with Crippen molar-refractivity contribution in [1.29, 1.82) is 0 Å². The predicted octanol–water partition coefficient (Wildman–Crippen LogP) is 5.08. The summed E-state index contributed by atoms with van der Waals surface area (Å²) < 4.78 is 19.8. The maximum atomic E-state index is 11.3. The summed E-state index contributed by atoms with van der Waals surface area (Å²) in [6.07, 6.45) is 7.06. The van der Waals surface area contributed by atoms with Gasteiger partial charge < -0.3 is 23.9 Å². The van der Waals surface area contributed by atoms with Crippen LogP contribution in [0.15, 0.2) is 48.8 Å². The largest absolute Gasteiger partial charge is 0.493 e. The van der Waals surface area contributed by atoms with Gasteiger partial charge in [0.1, 0.15) is 18.2 Å². The molecular weight excluding hydrogens is 466 g/mol. The second-order valence-corrected chi connectivity index (χ2v) is 10.3. The maximum absolute atomic E-state index is 11.3. The lowest BCUT2D eigenvalue weighted by Crippen LogP contribution is -2.37. The minimum Gasteiger partial charge on any atom is -0.493 e. The first kappa shape index (κ1) is 27.0. The van der Waals surface area contributed by atoms with E-state index in [1.807, 2.05) is 31.5 Å². The third kappa shape index (κ3) is 7.49. The summed E-state index contributed by atoms with van der Waals surface area (Å²) >= 11 is 0. The zero-order valence-corrected chi connectivity index (χ0v) is 22.7. The Morgan fingerprint density at radius 1 is 0.973 bits per heavy atom. The predicted molar refractivity (Wildman–Crippen MR) is 146 cm³/mol. The molecule has 3 aromatic rings. The highest BCUT2D eigenvalue weighted by atomic mass is 16.5. The fourth-order valence-corrected chi connectivity index (χ4v) is 4.96. The number of benzene rings is 2. The molecule has 7 nitrogen and oxygen atoms in total. The summed E-state index contributed by atoms with van der Waals surface area (Å²) in [5.74, 6) is 3.39. The van der Waals surface area contributed by atoms with E-state index in [1.165, 1.54) is 11.1 Å². The quantitative estimate of drug-likeness (QED) is 0.365. The number of rotatable bonds is 11. The van der Waals surface area contributed by atoms with Crippen molar-refractivity contribution in [3.05, 3.63) is 71.3 Å². The normalized spacial score (nSPS) is 18.4. The third-order valence-electron chi connectivity index (χ3n) is 7.20. The number of ether oxygens (including phenoxy) is 3. The van der Waals surface area contributed by atoms with Crippen LogP contribution in [0.1, 0.15) is 48.2 Å². The second-order valence-electron chi connectivity index (χ2n) is 10.3. The zero-order valence-electron chi connectivity index (χ0n) is 22.7. The van der Waals surface area contributed by atoms with Crippen molar-refractivity contribution in [3.8, 4) is 17.2 Å². The summed E-state index contributed by atoms with van der Waals surface area (Å²) in [6.45, 7) is 10.5. The first-order chi connectivity index (χ1) is 17.8. The molecule has 1 N–H and O–H groups in total. The van der Waals surface area contributed by atoms with Gasteiger partial charge in [-0.05, 0) is 82.3 Å². The van der Waals surface area contributed by atoms with Crippen LogP contribution in [0.2, 0.25) is 0 Å². The van der Waals surface area contributed by atoms with E-state index in [2.05, 4.69) is 52.6 Å². The van der Waals surface area contributed by atoms with E-state index < -0.39 is 5.60 Å². The SMILES string of the molecule is COc1ccc(CN2CCCC(O)(COc3ccc(C)cc3C)CC2)cc1OCCCn1ccnc1C. The molecular formula is C30H41N3O4. The topological polar surface area (TPSA) is 69.0 Å². The maximum Gasteiger partial charge on any atom is 0.161 e. The Morgan fingerprint density at radius 3 is 2.57 bits per heavy atom. The Balaban J connectivity index is 1.29. The average Bonchev–Trinajstić information content (AvgIpc) is 3.19. The van der Waals surface area contributed by atoms with Crippen molar-refractivity contribution in [1.82, 2.24) is 14.5 Å². The molecule has 7 heteroatoms. The molecule has 0 amide bonds. The molecule has 1 aliphatic rings. The highest BCUT2D eigenvalue weighted by Crippen LogP contribution is 2.30. The zero-order chi connectivity index (χ0) is 26.3. The van der Waals surface area contributed by atoms with Gasteiger partial charge in [-0.2, -0.15) is 0 Å². The molecule has 200 valence electrons. The van der Waals surface area contributed by atoms with Gasteiger partial charge >= 0.3 is 0 Å². The molecule has 0 spiro atoms. The smallest absolute Gasteiger partial charge is 0.161 e. The van der Waals surface area contributed by atoms with Gasteiger partial charge in [0.05, 0.1) is 19.3 Å². The fourth-order valence-electron chi connectivity index (χ4n) is 4.96. The van der Waals surface area contributed by atoms with Crippen LogP contribution >= 0.6 is 0 Å². The molecule has 0 bridgehead atoms. The molecule has 2 heterocycles. The van der Waals surface area contributed by atoms with E-state index in [-0.39, 0.29) is 0 Å². The molecule has 1 fully saturated rings. The lowest BCUT2D eigenvalue weighted by atomic mass is 9.96. The number of aromatic nitrogens is 2. The number of nitrogens with zero attached hydrogens (tertiary/aromatic N) is 3. The number of aliphatic hydroxyl groups is 1. The van der Waals surface area contributed by atoms with Gasteiger partial charge in [0.2, 0.25) is 0 Å². The van der Waals surface area contributed by atoms with Crippen LogP contribution in [0, 0.1) is 20.8 Å². The van der Waals surface area contributed by atoms with Crippen LogP contribution in [0.5, 0.6) is 17.2 Å². The van der Waals surface area contributed by atoms with Crippen molar-refractivity contribution < 1.29 is 19.3 Å². The summed E-state index contributed by atoms with van der Waals surface area (Å²) in [5.41, 5.74) is 2.69. The van der Waals surface area contributed by atoms with Crippen LogP contribution in [-0.2, 0) is 13.1 Å². The molecule has 0 radical (unpaired) electrons. The Kier molecular flexibility index (Phi) is 9.11. The highest BCUT2D eigenvalue weighted by Gasteiger charge is 2.31. The van der Waals surface area contributed by atoms with Crippen molar-refractivity contribution in [2.24, 2.45) is 0 Å². The summed E-state index contributed by atoms with van der Waals surface area (Å²) in [4.78, 5) is 6.67. The van der Waals surface area contributed by atoms with E-state index in [1.54, 1.807) is 7.11 Å². The van der Waals surface area contributed by atoms with Crippen molar-refractivity contribution in [2.45, 2.75) is 65.1 Å². The highest BCUT2D eigenvalue weighted by molar-refractivity contribution is 5.43. The van der Waals surface area contributed by atoms with Gasteiger partial charge in [-0.1, -0.05) is 23.8 Å². The van der Waals surface area contributed by atoms with E-state index in [0.29, 0.717) is 19.6 Å². The average molecular weight is 508 g/mol. The molecule has 1 unspecified atom stereocenters. The van der Waals surface area contributed by atoms with Crippen molar-refractivity contribution >= 4 is 0 Å². The van der Waals surface area contributed by atoms with Gasteiger partial charge in [0, 0.05) is 32.0 Å². The number of aryl methyl sites for hydroxylation is 4. The molecule has 1 saturated heterocycles. The third-order valence-corrected chi connectivity index (χ3v) is 7.20. The molecule has 2 aromatic carbocycles. The van der Waals surface area contributed by atoms with Crippen molar-refractivity contribution in [3.63, 3.8) is 0 Å². The van der Waals surface area contributed by atoms with Crippen LogP contribution in [-0.4, -0.2) is 58.6 Å². The fraction of sp³-hybridized carbons (Fsp3) is 0.500. The molecule has 0 saturated carbocycles. The van der Waals surface area contributed by atoms with Gasteiger partial charge in [-0.25, -0.2) is 4.98 Å². The Bertz CT molecular complexity index is 1160. The lowest BCUT2D eigenvalue weighted by Gasteiger charge is -2.27. The van der Waals surface area contributed by atoms with Gasteiger partial charge in [0.15, 0.2) is 11.5 Å². The lowest BCUT2D eigenvalue weighted by molar-refractivity contribution is -0.0170. The minimum atomic E-state index is -0.812. The van der Waals surface area contributed by atoms with Gasteiger partial charge in [0.25, 0.3) is 0 Å². The monoisotopic (exact) mass is 507 g/mol. The molecule has 4 rings (SSSR count). The number of hydrogen-bond donors (Lipinski definition) is 1. The van der Waals surface area contributed by atoms with Gasteiger partial charge in [-0.15, -0.1) is 0 Å². The number of imidazole rings is 1. The minimum absolute atomic E-state index is 0.323. The van der Waals surface area contributed by atoms with E-state index in [0.717, 1.165) is 74.1 Å². The first-order valence-corrected chi connectivity index (χ1v) is 13.3. The Hall–Kier alpha value is -3.03. The molecule has 1 aromatic heterocycles. The van der Waals surface area contributed by atoms with Crippen molar-refractivity contribution in [2.75, 3.05) is 33.4 Å². The first-order valence-electron chi connectivity index (χ1n) is 13.3. The van der Waals surface area contributed by atoms with E-state index in [9.17, 15) is 5.11 Å². The van der Waals surface area contributed by atoms with E-state index >= 15 is 0 Å².